The maximum atomic E-state index is 12.0. The smallest absolute Gasteiger partial charge is 0.340 e. The number of carbonyl (C=O) groups is 2. The summed E-state index contributed by atoms with van der Waals surface area (Å²) in [5, 5.41) is 0. The number of hydrogen-bond acceptors (Lipinski definition) is 5. The molecule has 0 aliphatic heterocycles. The molecule has 0 radical (unpaired) electrons. The number of pyridine rings is 1. The summed E-state index contributed by atoms with van der Waals surface area (Å²) in [6, 6.07) is 1.13. The van der Waals surface area contributed by atoms with Gasteiger partial charge < -0.3 is 14.0 Å². The van der Waals surface area contributed by atoms with Gasteiger partial charge in [-0.1, -0.05) is 0 Å². The van der Waals surface area contributed by atoms with Gasteiger partial charge in [0.1, 0.15) is 0 Å². The van der Waals surface area contributed by atoms with Gasteiger partial charge in [-0.15, -0.1) is 0 Å². The van der Waals surface area contributed by atoms with Gasteiger partial charge in [-0.3, -0.25) is 4.79 Å². The molecule has 2 rings (SSSR count). The van der Waals surface area contributed by atoms with Gasteiger partial charge in [-0.05, 0) is 19.8 Å². The van der Waals surface area contributed by atoms with Gasteiger partial charge in [-0.2, -0.15) is 0 Å². The van der Waals surface area contributed by atoms with Crippen LogP contribution in [-0.4, -0.2) is 30.7 Å². The van der Waals surface area contributed by atoms with Crippen molar-refractivity contribution in [3.63, 3.8) is 0 Å². The van der Waals surface area contributed by atoms with Crippen molar-refractivity contribution in [2.75, 3.05) is 14.2 Å². The molecule has 1 aromatic heterocycles. The molecule has 0 aromatic carbocycles. The van der Waals surface area contributed by atoms with Gasteiger partial charge in [0.05, 0.1) is 25.3 Å². The highest BCUT2D eigenvalue weighted by molar-refractivity contribution is 6.02. The molecule has 0 atom stereocenters. The number of methoxy groups -OCH3 is 2. The molecule has 1 aliphatic rings. The lowest BCUT2D eigenvalue weighted by atomic mass is 10.1. The van der Waals surface area contributed by atoms with Crippen molar-refractivity contribution >= 4 is 11.9 Å². The molecule has 102 valence electrons. The number of ether oxygens (including phenoxy) is 2. The standard InChI is InChI=1S/C13H15NO5/c1-13(4-5-13)14-7-9(12(17)19-3)8(6-10(14)15)11(16)18-2/h6-7H,4-5H2,1-3H3. The molecule has 0 bridgehead atoms. The van der Waals surface area contributed by atoms with Crippen LogP contribution in [0.2, 0.25) is 0 Å². The van der Waals surface area contributed by atoms with E-state index in [1.807, 2.05) is 6.92 Å². The van der Waals surface area contributed by atoms with Crippen molar-refractivity contribution in [2.45, 2.75) is 25.3 Å². The topological polar surface area (TPSA) is 74.6 Å². The van der Waals surface area contributed by atoms with Crippen molar-refractivity contribution in [1.82, 2.24) is 4.57 Å². The second-order valence-electron chi connectivity index (χ2n) is 4.79. The molecule has 0 amide bonds. The third-order valence-corrected chi connectivity index (χ3v) is 3.42. The lowest BCUT2D eigenvalue weighted by molar-refractivity contribution is 0.0553. The molecular weight excluding hydrogens is 250 g/mol. The Morgan fingerprint density at radius 3 is 2.16 bits per heavy atom. The van der Waals surface area contributed by atoms with E-state index >= 15 is 0 Å². The first-order valence-electron chi connectivity index (χ1n) is 5.87. The van der Waals surface area contributed by atoms with Crippen LogP contribution in [0.3, 0.4) is 0 Å². The summed E-state index contributed by atoms with van der Waals surface area (Å²) in [7, 11) is 2.41. The van der Waals surface area contributed by atoms with Gasteiger partial charge in [-0.25, -0.2) is 9.59 Å². The van der Waals surface area contributed by atoms with Crippen LogP contribution in [0.5, 0.6) is 0 Å². The fourth-order valence-corrected chi connectivity index (χ4v) is 1.93. The van der Waals surface area contributed by atoms with Gasteiger partial charge >= 0.3 is 11.9 Å². The Morgan fingerprint density at radius 1 is 1.16 bits per heavy atom. The highest BCUT2D eigenvalue weighted by atomic mass is 16.5. The Bertz CT molecular complexity index is 598. The molecule has 0 spiro atoms. The van der Waals surface area contributed by atoms with E-state index in [1.165, 1.54) is 25.0 Å². The minimum absolute atomic E-state index is 0.0436. The second-order valence-corrected chi connectivity index (χ2v) is 4.79. The molecule has 1 aromatic rings. The van der Waals surface area contributed by atoms with Crippen molar-refractivity contribution in [1.29, 1.82) is 0 Å². The Morgan fingerprint density at radius 2 is 1.68 bits per heavy atom. The predicted octanol–water partition coefficient (Wildman–Crippen LogP) is 0.931. The molecule has 1 saturated carbocycles. The predicted molar refractivity (Wildman–Crippen MR) is 66.3 cm³/mol. The Labute approximate surface area is 109 Å². The zero-order chi connectivity index (χ0) is 14.2. The van der Waals surface area contributed by atoms with Gasteiger partial charge in [0, 0.05) is 17.8 Å². The summed E-state index contributed by atoms with van der Waals surface area (Å²) >= 11 is 0. The van der Waals surface area contributed by atoms with E-state index in [-0.39, 0.29) is 22.2 Å². The summed E-state index contributed by atoms with van der Waals surface area (Å²) in [4.78, 5) is 35.3. The summed E-state index contributed by atoms with van der Waals surface area (Å²) in [6.45, 7) is 1.92. The molecule has 0 unspecified atom stereocenters. The average molecular weight is 265 g/mol. The van der Waals surface area contributed by atoms with E-state index in [9.17, 15) is 14.4 Å². The minimum Gasteiger partial charge on any atom is -0.465 e. The number of esters is 2. The Kier molecular flexibility index (Phi) is 3.18. The maximum absolute atomic E-state index is 12.0. The Hall–Kier alpha value is -2.11. The summed E-state index contributed by atoms with van der Waals surface area (Å²) in [6.07, 6.45) is 3.11. The van der Waals surface area contributed by atoms with E-state index < -0.39 is 11.9 Å². The number of rotatable bonds is 3. The molecule has 0 saturated heterocycles. The second kappa shape index (κ2) is 4.53. The first-order chi connectivity index (χ1) is 8.92. The van der Waals surface area contributed by atoms with E-state index in [1.54, 1.807) is 0 Å². The van der Waals surface area contributed by atoms with Gasteiger partial charge in [0.25, 0.3) is 5.56 Å². The summed E-state index contributed by atoms with van der Waals surface area (Å²) < 4.78 is 10.7. The SMILES string of the molecule is COC(=O)c1cc(=O)n(C2(C)CC2)cc1C(=O)OC. The van der Waals surface area contributed by atoms with Crippen LogP contribution < -0.4 is 5.56 Å². The summed E-state index contributed by atoms with van der Waals surface area (Å²) in [5.41, 5.74) is -0.621. The monoisotopic (exact) mass is 265 g/mol. The fraction of sp³-hybridized carbons (Fsp3) is 0.462. The zero-order valence-electron chi connectivity index (χ0n) is 11.1. The Balaban J connectivity index is 2.62. The van der Waals surface area contributed by atoms with Gasteiger partial charge in [0.2, 0.25) is 0 Å². The van der Waals surface area contributed by atoms with Crippen LogP contribution in [0.4, 0.5) is 0 Å². The minimum atomic E-state index is -0.731. The van der Waals surface area contributed by atoms with Crippen LogP contribution in [-0.2, 0) is 15.0 Å². The van der Waals surface area contributed by atoms with Gasteiger partial charge in [0.15, 0.2) is 0 Å². The van der Waals surface area contributed by atoms with Crippen molar-refractivity contribution in [2.24, 2.45) is 0 Å². The van der Waals surface area contributed by atoms with E-state index in [0.29, 0.717) is 0 Å². The number of aromatic nitrogens is 1. The molecule has 0 N–H and O–H groups in total. The number of nitrogens with zero attached hydrogens (tertiary/aromatic N) is 1. The van der Waals surface area contributed by atoms with Crippen LogP contribution >= 0.6 is 0 Å². The number of hydrogen-bond donors (Lipinski definition) is 0. The normalized spacial score (nSPS) is 15.7. The molecule has 1 aliphatic carbocycles. The molecule has 19 heavy (non-hydrogen) atoms. The molecule has 6 heteroatoms. The molecule has 6 nitrogen and oxygen atoms in total. The van der Waals surface area contributed by atoms with Crippen molar-refractivity contribution in [3.05, 3.63) is 33.7 Å². The largest absolute Gasteiger partial charge is 0.465 e. The fourth-order valence-electron chi connectivity index (χ4n) is 1.93. The van der Waals surface area contributed by atoms with E-state index in [4.69, 9.17) is 0 Å². The van der Waals surface area contributed by atoms with E-state index in [0.717, 1.165) is 18.9 Å². The highest BCUT2D eigenvalue weighted by Crippen LogP contribution is 2.41. The van der Waals surface area contributed by atoms with Crippen LogP contribution in [0.1, 0.15) is 40.5 Å². The summed E-state index contributed by atoms with van der Waals surface area (Å²) in [5.74, 6) is -1.40. The average Bonchev–Trinajstić information content (AvgIpc) is 3.15. The quantitative estimate of drug-likeness (QED) is 0.760. The highest BCUT2D eigenvalue weighted by Gasteiger charge is 2.40. The van der Waals surface area contributed by atoms with Crippen LogP contribution in [0.15, 0.2) is 17.1 Å². The van der Waals surface area contributed by atoms with Crippen molar-refractivity contribution < 1.29 is 19.1 Å². The van der Waals surface area contributed by atoms with Crippen LogP contribution in [0.25, 0.3) is 0 Å². The lowest BCUT2D eigenvalue weighted by Gasteiger charge is -2.15. The molecule has 1 fully saturated rings. The lowest BCUT2D eigenvalue weighted by Crippen LogP contribution is -2.30. The third kappa shape index (κ3) is 2.25. The third-order valence-electron chi connectivity index (χ3n) is 3.42. The van der Waals surface area contributed by atoms with E-state index in [2.05, 4.69) is 9.47 Å². The maximum Gasteiger partial charge on any atom is 0.340 e. The molecule has 1 heterocycles. The van der Waals surface area contributed by atoms with Crippen molar-refractivity contribution in [3.8, 4) is 0 Å². The molecular formula is C13H15NO5. The number of carbonyl (C=O) groups excluding carboxylic acids is 2. The van der Waals surface area contributed by atoms with Crippen LogP contribution in [0, 0.1) is 0 Å². The zero-order valence-corrected chi connectivity index (χ0v) is 11.1. The first kappa shape index (κ1) is 13.3. The first-order valence-corrected chi connectivity index (χ1v) is 5.87.